The molecule has 1 N–H and O–H groups in total. The highest BCUT2D eigenvalue weighted by Crippen LogP contribution is 2.31. The van der Waals surface area contributed by atoms with Crippen molar-refractivity contribution in [1.29, 1.82) is 0 Å². The van der Waals surface area contributed by atoms with Crippen molar-refractivity contribution in [3.8, 4) is 0 Å². The second kappa shape index (κ2) is 4.96. The van der Waals surface area contributed by atoms with Crippen molar-refractivity contribution in [2.75, 3.05) is 31.1 Å². The first kappa shape index (κ1) is 12.2. The van der Waals surface area contributed by atoms with Crippen molar-refractivity contribution in [2.24, 2.45) is 5.41 Å². The predicted octanol–water partition coefficient (Wildman–Crippen LogP) is 1.34. The summed E-state index contributed by atoms with van der Waals surface area (Å²) in [6.07, 6.45) is 2.34. The third-order valence-electron chi connectivity index (χ3n) is 3.70. The van der Waals surface area contributed by atoms with Gasteiger partial charge in [0.1, 0.15) is 0 Å². The Balaban J connectivity index is 2.01. The van der Waals surface area contributed by atoms with E-state index in [0.29, 0.717) is 5.91 Å². The molecular formula is C12H22N2OS. The first-order valence-corrected chi connectivity index (χ1v) is 7.37. The summed E-state index contributed by atoms with van der Waals surface area (Å²) in [6.45, 7) is 7.26. The predicted molar refractivity (Wildman–Crippen MR) is 68.7 cm³/mol. The van der Waals surface area contributed by atoms with Crippen molar-refractivity contribution in [1.82, 2.24) is 10.2 Å². The highest BCUT2D eigenvalue weighted by atomic mass is 32.2. The molecule has 4 heteroatoms. The van der Waals surface area contributed by atoms with Gasteiger partial charge in [-0.3, -0.25) is 4.79 Å². The Labute approximate surface area is 102 Å². The normalized spacial score (nSPS) is 30.1. The Hall–Kier alpha value is -0.220. The summed E-state index contributed by atoms with van der Waals surface area (Å²) in [6, 6.07) is 0.0318. The summed E-state index contributed by atoms with van der Waals surface area (Å²) in [5, 5.41) is 3.41. The minimum Gasteiger partial charge on any atom is -0.340 e. The summed E-state index contributed by atoms with van der Waals surface area (Å²) < 4.78 is 0. The number of carbonyl (C=O) groups is 1. The molecule has 2 heterocycles. The molecule has 1 unspecified atom stereocenters. The van der Waals surface area contributed by atoms with Gasteiger partial charge in [-0.25, -0.2) is 0 Å². The summed E-state index contributed by atoms with van der Waals surface area (Å²) in [5.74, 6) is 2.52. The van der Waals surface area contributed by atoms with Gasteiger partial charge in [-0.2, -0.15) is 11.8 Å². The lowest BCUT2D eigenvalue weighted by molar-refractivity contribution is -0.137. The maximum absolute atomic E-state index is 12.4. The van der Waals surface area contributed by atoms with E-state index >= 15 is 0 Å². The van der Waals surface area contributed by atoms with Crippen LogP contribution < -0.4 is 5.32 Å². The average Bonchev–Trinajstić information content (AvgIpc) is 2.29. The van der Waals surface area contributed by atoms with Crippen LogP contribution >= 0.6 is 11.8 Å². The van der Waals surface area contributed by atoms with Crippen LogP contribution in [0.3, 0.4) is 0 Å². The van der Waals surface area contributed by atoms with E-state index in [1.54, 1.807) is 0 Å². The van der Waals surface area contributed by atoms with Crippen LogP contribution in [0.2, 0.25) is 0 Å². The van der Waals surface area contributed by atoms with E-state index in [0.717, 1.165) is 37.6 Å². The molecule has 0 aromatic rings. The van der Waals surface area contributed by atoms with E-state index in [1.807, 2.05) is 16.7 Å². The standard InChI is InChI=1S/C12H22N2OS/c1-12(2)4-3-5-13-10(12)11(15)14-6-8-16-9-7-14/h10,13H,3-9H2,1-2H3. The smallest absolute Gasteiger partial charge is 0.240 e. The zero-order valence-corrected chi connectivity index (χ0v) is 11.1. The lowest BCUT2D eigenvalue weighted by Crippen LogP contribution is -2.57. The minimum atomic E-state index is 0.0318. The Bertz CT molecular complexity index is 262. The van der Waals surface area contributed by atoms with Gasteiger partial charge < -0.3 is 10.2 Å². The largest absolute Gasteiger partial charge is 0.340 e. The molecule has 0 aromatic heterocycles. The maximum Gasteiger partial charge on any atom is 0.240 e. The van der Waals surface area contributed by atoms with Gasteiger partial charge in [0.05, 0.1) is 6.04 Å². The molecule has 2 rings (SSSR count). The second-order valence-corrected chi connectivity index (χ2v) is 6.64. The van der Waals surface area contributed by atoms with Crippen LogP contribution in [-0.4, -0.2) is 48.0 Å². The molecule has 0 aromatic carbocycles. The molecule has 1 amide bonds. The number of hydrogen-bond acceptors (Lipinski definition) is 3. The Morgan fingerprint density at radius 2 is 2.06 bits per heavy atom. The lowest BCUT2D eigenvalue weighted by atomic mass is 9.77. The van der Waals surface area contributed by atoms with Gasteiger partial charge in [-0.05, 0) is 24.8 Å². The molecule has 3 nitrogen and oxygen atoms in total. The molecule has 1 atom stereocenters. The fraction of sp³-hybridized carbons (Fsp3) is 0.917. The van der Waals surface area contributed by atoms with Crippen molar-refractivity contribution >= 4 is 17.7 Å². The van der Waals surface area contributed by atoms with Crippen molar-refractivity contribution in [2.45, 2.75) is 32.7 Å². The lowest BCUT2D eigenvalue weighted by Gasteiger charge is -2.41. The molecule has 2 saturated heterocycles. The topological polar surface area (TPSA) is 32.3 Å². The zero-order chi connectivity index (χ0) is 11.6. The number of rotatable bonds is 1. The van der Waals surface area contributed by atoms with E-state index in [1.165, 1.54) is 6.42 Å². The summed E-state index contributed by atoms with van der Waals surface area (Å²) in [4.78, 5) is 14.5. The fourth-order valence-corrected chi connectivity index (χ4v) is 3.50. The van der Waals surface area contributed by atoms with E-state index in [9.17, 15) is 4.79 Å². The molecule has 0 aliphatic carbocycles. The summed E-state index contributed by atoms with van der Waals surface area (Å²) in [5.41, 5.74) is 0.111. The first-order chi connectivity index (χ1) is 7.61. The van der Waals surface area contributed by atoms with Crippen LogP contribution in [-0.2, 0) is 4.79 Å². The Kier molecular flexibility index (Phi) is 3.80. The van der Waals surface area contributed by atoms with E-state index in [4.69, 9.17) is 0 Å². The first-order valence-electron chi connectivity index (χ1n) is 6.21. The van der Waals surface area contributed by atoms with Crippen LogP contribution in [0.1, 0.15) is 26.7 Å². The number of thioether (sulfide) groups is 1. The molecule has 0 bridgehead atoms. The number of nitrogens with zero attached hydrogens (tertiary/aromatic N) is 1. The minimum absolute atomic E-state index is 0.0318. The molecule has 0 radical (unpaired) electrons. The third kappa shape index (κ3) is 2.54. The van der Waals surface area contributed by atoms with Gasteiger partial charge in [-0.1, -0.05) is 13.8 Å². The zero-order valence-electron chi connectivity index (χ0n) is 10.3. The van der Waals surface area contributed by atoms with Gasteiger partial charge in [0.2, 0.25) is 5.91 Å². The maximum atomic E-state index is 12.4. The molecular weight excluding hydrogens is 220 g/mol. The summed E-state index contributed by atoms with van der Waals surface area (Å²) >= 11 is 1.95. The van der Waals surface area contributed by atoms with Crippen molar-refractivity contribution in [3.05, 3.63) is 0 Å². The highest BCUT2D eigenvalue weighted by Gasteiger charge is 2.39. The van der Waals surface area contributed by atoms with Crippen LogP contribution in [0.5, 0.6) is 0 Å². The molecule has 2 aliphatic rings. The van der Waals surface area contributed by atoms with Crippen LogP contribution in [0.15, 0.2) is 0 Å². The third-order valence-corrected chi connectivity index (χ3v) is 4.64. The van der Waals surface area contributed by atoms with Crippen LogP contribution in [0.4, 0.5) is 0 Å². The van der Waals surface area contributed by atoms with E-state index in [2.05, 4.69) is 19.2 Å². The summed E-state index contributed by atoms with van der Waals surface area (Å²) in [7, 11) is 0. The number of carbonyl (C=O) groups excluding carboxylic acids is 1. The Morgan fingerprint density at radius 3 is 2.69 bits per heavy atom. The number of nitrogens with one attached hydrogen (secondary N) is 1. The highest BCUT2D eigenvalue weighted by molar-refractivity contribution is 7.99. The van der Waals surface area contributed by atoms with Gasteiger partial charge in [0.15, 0.2) is 0 Å². The monoisotopic (exact) mass is 242 g/mol. The van der Waals surface area contributed by atoms with Crippen LogP contribution in [0, 0.1) is 5.41 Å². The van der Waals surface area contributed by atoms with Gasteiger partial charge in [0.25, 0.3) is 0 Å². The van der Waals surface area contributed by atoms with E-state index < -0.39 is 0 Å². The molecule has 2 fully saturated rings. The van der Waals surface area contributed by atoms with Crippen molar-refractivity contribution < 1.29 is 4.79 Å². The molecule has 16 heavy (non-hydrogen) atoms. The number of hydrogen-bond donors (Lipinski definition) is 1. The molecule has 0 saturated carbocycles. The SMILES string of the molecule is CC1(C)CCCNC1C(=O)N1CCSCC1. The molecule has 0 spiro atoms. The number of piperidine rings is 1. The van der Waals surface area contributed by atoms with E-state index in [-0.39, 0.29) is 11.5 Å². The van der Waals surface area contributed by atoms with Gasteiger partial charge in [-0.15, -0.1) is 0 Å². The van der Waals surface area contributed by atoms with Gasteiger partial charge in [0, 0.05) is 24.6 Å². The van der Waals surface area contributed by atoms with Gasteiger partial charge >= 0.3 is 0 Å². The fourth-order valence-electron chi connectivity index (χ4n) is 2.60. The van der Waals surface area contributed by atoms with Crippen molar-refractivity contribution in [3.63, 3.8) is 0 Å². The van der Waals surface area contributed by atoms with Crippen LogP contribution in [0.25, 0.3) is 0 Å². The molecule has 92 valence electrons. The Morgan fingerprint density at radius 1 is 1.38 bits per heavy atom. The second-order valence-electron chi connectivity index (χ2n) is 5.42. The average molecular weight is 242 g/mol. The number of amides is 1. The molecule has 2 aliphatic heterocycles. The quantitative estimate of drug-likeness (QED) is 0.753.